The fourth-order valence-electron chi connectivity index (χ4n) is 1.62. The molecule has 110 valence electrons. The smallest absolute Gasteiger partial charge is 0.227 e. The lowest BCUT2D eigenvalue weighted by molar-refractivity contribution is -0.116. The minimum atomic E-state index is -0.576. The summed E-state index contributed by atoms with van der Waals surface area (Å²) in [5.41, 5.74) is 6.55. The van der Waals surface area contributed by atoms with Gasteiger partial charge in [-0.1, -0.05) is 11.6 Å². The van der Waals surface area contributed by atoms with Crippen molar-refractivity contribution in [2.45, 2.75) is 6.42 Å². The molecule has 0 saturated heterocycles. The van der Waals surface area contributed by atoms with E-state index in [0.717, 1.165) is 0 Å². The van der Waals surface area contributed by atoms with Crippen LogP contribution in [0.25, 0.3) is 0 Å². The zero-order chi connectivity index (χ0) is 15.2. The monoisotopic (exact) mass is 308 g/mol. The van der Waals surface area contributed by atoms with Crippen molar-refractivity contribution in [3.8, 4) is 5.75 Å². The number of hydrogen-bond acceptors (Lipinski definition) is 3. The molecule has 0 atom stereocenters. The Morgan fingerprint density at radius 3 is 2.62 bits per heavy atom. The van der Waals surface area contributed by atoms with Crippen LogP contribution in [-0.2, 0) is 4.79 Å². The van der Waals surface area contributed by atoms with Crippen molar-refractivity contribution in [3.63, 3.8) is 0 Å². The van der Waals surface area contributed by atoms with Gasteiger partial charge in [-0.15, -0.1) is 0 Å². The number of benzene rings is 2. The van der Waals surface area contributed by atoms with Gasteiger partial charge in [0.1, 0.15) is 11.6 Å². The molecule has 0 aromatic heterocycles. The largest absolute Gasteiger partial charge is 0.493 e. The number of nitrogens with two attached hydrogens (primary N) is 1. The van der Waals surface area contributed by atoms with Gasteiger partial charge in [-0.05, 0) is 42.5 Å². The molecule has 0 radical (unpaired) electrons. The number of ether oxygens (including phenoxy) is 1. The molecule has 2 aromatic carbocycles. The first-order valence-electron chi connectivity index (χ1n) is 6.28. The van der Waals surface area contributed by atoms with E-state index in [9.17, 15) is 9.18 Å². The molecular weight excluding hydrogens is 295 g/mol. The molecule has 0 aliphatic heterocycles. The Morgan fingerprint density at radius 1 is 1.24 bits per heavy atom. The van der Waals surface area contributed by atoms with Crippen LogP contribution in [0.5, 0.6) is 5.75 Å². The van der Waals surface area contributed by atoms with Crippen molar-refractivity contribution >= 4 is 28.9 Å². The van der Waals surface area contributed by atoms with Crippen LogP contribution >= 0.6 is 11.6 Å². The third-order valence-corrected chi connectivity index (χ3v) is 2.99. The van der Waals surface area contributed by atoms with Crippen LogP contribution in [0, 0.1) is 5.82 Å². The number of anilines is 2. The predicted octanol–water partition coefficient (Wildman–Crippen LogP) is 3.47. The summed E-state index contributed by atoms with van der Waals surface area (Å²) in [6.07, 6.45) is 0.147. The zero-order valence-corrected chi connectivity index (χ0v) is 11.9. The summed E-state index contributed by atoms with van der Waals surface area (Å²) in [5, 5.41) is 2.58. The number of nitrogens with one attached hydrogen (secondary N) is 1. The highest BCUT2D eigenvalue weighted by molar-refractivity contribution is 6.30. The van der Waals surface area contributed by atoms with E-state index in [2.05, 4.69) is 5.32 Å². The number of halogens is 2. The molecule has 0 heterocycles. The number of carbonyl (C=O) groups excluding carboxylic acids is 1. The molecule has 0 bridgehead atoms. The number of hydrogen-bond donors (Lipinski definition) is 2. The van der Waals surface area contributed by atoms with Gasteiger partial charge >= 0.3 is 0 Å². The van der Waals surface area contributed by atoms with E-state index in [1.807, 2.05) is 0 Å². The first-order chi connectivity index (χ1) is 10.0. The molecule has 0 saturated carbocycles. The second-order valence-electron chi connectivity index (χ2n) is 4.34. The van der Waals surface area contributed by atoms with E-state index < -0.39 is 5.82 Å². The summed E-state index contributed by atoms with van der Waals surface area (Å²) in [4.78, 5) is 11.7. The SMILES string of the molecule is Nc1ccc(OCCC(=O)Nc2ccc(Cl)c(F)c2)cc1. The zero-order valence-electron chi connectivity index (χ0n) is 11.1. The van der Waals surface area contributed by atoms with Crippen molar-refractivity contribution in [1.29, 1.82) is 0 Å². The first-order valence-corrected chi connectivity index (χ1v) is 6.65. The van der Waals surface area contributed by atoms with Crippen molar-refractivity contribution < 1.29 is 13.9 Å². The van der Waals surface area contributed by atoms with Crippen LogP contribution < -0.4 is 15.8 Å². The van der Waals surface area contributed by atoms with Crippen LogP contribution in [0.1, 0.15) is 6.42 Å². The molecule has 0 aliphatic rings. The first kappa shape index (κ1) is 15.1. The minimum absolute atomic E-state index is 0.0136. The summed E-state index contributed by atoms with van der Waals surface area (Å²) >= 11 is 5.56. The van der Waals surface area contributed by atoms with Gasteiger partial charge in [0, 0.05) is 11.4 Å². The van der Waals surface area contributed by atoms with E-state index in [-0.39, 0.29) is 24.0 Å². The maximum absolute atomic E-state index is 13.2. The van der Waals surface area contributed by atoms with E-state index in [0.29, 0.717) is 17.1 Å². The average Bonchev–Trinajstić information content (AvgIpc) is 2.45. The summed E-state index contributed by atoms with van der Waals surface area (Å²) in [7, 11) is 0. The van der Waals surface area contributed by atoms with Gasteiger partial charge in [0.25, 0.3) is 0 Å². The number of rotatable bonds is 5. The Labute approximate surface area is 126 Å². The van der Waals surface area contributed by atoms with Crippen LogP contribution in [0.2, 0.25) is 5.02 Å². The molecular formula is C15H14ClFN2O2. The van der Waals surface area contributed by atoms with Crippen LogP contribution in [-0.4, -0.2) is 12.5 Å². The van der Waals surface area contributed by atoms with Crippen molar-refractivity contribution in [3.05, 3.63) is 53.3 Å². The highest BCUT2D eigenvalue weighted by Gasteiger charge is 2.06. The van der Waals surface area contributed by atoms with Gasteiger partial charge in [-0.25, -0.2) is 4.39 Å². The number of carbonyl (C=O) groups is 1. The molecule has 2 aromatic rings. The van der Waals surface area contributed by atoms with Crippen LogP contribution in [0.4, 0.5) is 15.8 Å². The van der Waals surface area contributed by atoms with Gasteiger partial charge < -0.3 is 15.8 Å². The molecule has 4 nitrogen and oxygen atoms in total. The summed E-state index contributed by atoms with van der Waals surface area (Å²) in [6, 6.07) is 11.0. The number of amides is 1. The lowest BCUT2D eigenvalue weighted by atomic mass is 10.3. The molecule has 1 amide bonds. The standard InChI is InChI=1S/C15H14ClFN2O2/c16-13-6-3-11(9-14(13)17)19-15(20)7-8-21-12-4-1-10(18)2-5-12/h1-6,9H,7-8,18H2,(H,19,20). The second kappa shape index (κ2) is 6.95. The van der Waals surface area contributed by atoms with Crippen molar-refractivity contribution in [1.82, 2.24) is 0 Å². The van der Waals surface area contributed by atoms with E-state index >= 15 is 0 Å². The summed E-state index contributed by atoms with van der Waals surface area (Å²) in [5.74, 6) is -0.214. The Morgan fingerprint density at radius 2 is 1.95 bits per heavy atom. The van der Waals surface area contributed by atoms with Gasteiger partial charge in [-0.3, -0.25) is 4.79 Å². The summed E-state index contributed by atoms with van der Waals surface area (Å²) < 4.78 is 18.6. The lowest BCUT2D eigenvalue weighted by Gasteiger charge is -2.08. The van der Waals surface area contributed by atoms with E-state index in [1.165, 1.54) is 18.2 Å². The Bertz CT molecular complexity index is 632. The van der Waals surface area contributed by atoms with Gasteiger partial charge in [0.15, 0.2) is 0 Å². The third-order valence-electron chi connectivity index (χ3n) is 2.68. The van der Waals surface area contributed by atoms with Crippen molar-refractivity contribution in [2.24, 2.45) is 0 Å². The van der Waals surface area contributed by atoms with Crippen molar-refractivity contribution in [2.75, 3.05) is 17.7 Å². The molecule has 3 N–H and O–H groups in total. The molecule has 0 spiro atoms. The van der Waals surface area contributed by atoms with Gasteiger partial charge in [-0.2, -0.15) is 0 Å². The number of nitrogen functional groups attached to an aromatic ring is 1. The Kier molecular flexibility index (Phi) is 5.00. The highest BCUT2D eigenvalue weighted by atomic mass is 35.5. The average molecular weight is 309 g/mol. The van der Waals surface area contributed by atoms with Crippen LogP contribution in [0.15, 0.2) is 42.5 Å². The molecule has 0 unspecified atom stereocenters. The minimum Gasteiger partial charge on any atom is -0.493 e. The third kappa shape index (κ3) is 4.65. The normalized spacial score (nSPS) is 10.2. The van der Waals surface area contributed by atoms with E-state index in [4.69, 9.17) is 22.1 Å². The maximum atomic E-state index is 13.2. The predicted molar refractivity (Wildman–Crippen MR) is 81.0 cm³/mol. The fourth-order valence-corrected chi connectivity index (χ4v) is 1.74. The molecule has 0 aliphatic carbocycles. The van der Waals surface area contributed by atoms with E-state index in [1.54, 1.807) is 24.3 Å². The highest BCUT2D eigenvalue weighted by Crippen LogP contribution is 2.19. The van der Waals surface area contributed by atoms with Gasteiger partial charge in [0.2, 0.25) is 5.91 Å². The van der Waals surface area contributed by atoms with Gasteiger partial charge in [0.05, 0.1) is 18.1 Å². The summed E-state index contributed by atoms with van der Waals surface area (Å²) in [6.45, 7) is 0.214. The quantitative estimate of drug-likeness (QED) is 0.831. The molecule has 21 heavy (non-hydrogen) atoms. The molecule has 2 rings (SSSR count). The fraction of sp³-hybridized carbons (Fsp3) is 0.133. The topological polar surface area (TPSA) is 64.3 Å². The molecule has 6 heteroatoms. The lowest BCUT2D eigenvalue weighted by Crippen LogP contribution is -2.15. The second-order valence-corrected chi connectivity index (χ2v) is 4.75. The maximum Gasteiger partial charge on any atom is 0.227 e. The Hall–Kier alpha value is -2.27. The Balaban J connectivity index is 1.79. The molecule has 0 fully saturated rings. The van der Waals surface area contributed by atoms with Crippen LogP contribution in [0.3, 0.4) is 0 Å².